The number of oxime groups is 1. The molecule has 172 valence electrons. The van der Waals surface area contributed by atoms with Gasteiger partial charge in [0.25, 0.3) is 0 Å². The summed E-state index contributed by atoms with van der Waals surface area (Å²) >= 11 is 5.90. The van der Waals surface area contributed by atoms with E-state index in [1.54, 1.807) is 17.1 Å². The second-order valence-corrected chi connectivity index (χ2v) is 8.55. The van der Waals surface area contributed by atoms with Crippen LogP contribution < -0.4 is 0 Å². The van der Waals surface area contributed by atoms with Crippen molar-refractivity contribution in [2.24, 2.45) is 5.16 Å². The standard InChI is InChI=1S/C23H26ClN7O2/c1-16-17(2)30(8-7-29-9-11-32-12-10-29)22-21(16)23-27-20(28-31(23)15-25-22)14-33-26-13-18-3-5-19(24)6-4-18/h3-6,13,15H,7-12,14H2,1-2H3/b26-13-. The summed E-state index contributed by atoms with van der Waals surface area (Å²) in [6.45, 7) is 9.83. The molecule has 4 heterocycles. The molecule has 0 spiro atoms. The number of halogens is 1. The molecule has 1 fully saturated rings. The largest absolute Gasteiger partial charge is 0.387 e. The van der Waals surface area contributed by atoms with Crippen molar-refractivity contribution in [3.8, 4) is 0 Å². The lowest BCUT2D eigenvalue weighted by Gasteiger charge is -2.26. The van der Waals surface area contributed by atoms with Crippen LogP contribution in [-0.4, -0.2) is 68.1 Å². The summed E-state index contributed by atoms with van der Waals surface area (Å²) in [6, 6.07) is 7.36. The van der Waals surface area contributed by atoms with Gasteiger partial charge in [0.1, 0.15) is 12.0 Å². The van der Waals surface area contributed by atoms with Gasteiger partial charge in [-0.1, -0.05) is 28.9 Å². The van der Waals surface area contributed by atoms with Gasteiger partial charge in [-0.2, -0.15) is 0 Å². The highest BCUT2D eigenvalue weighted by atomic mass is 35.5. The molecule has 9 nitrogen and oxygen atoms in total. The Morgan fingerprint density at radius 3 is 2.70 bits per heavy atom. The highest BCUT2D eigenvalue weighted by molar-refractivity contribution is 6.30. The number of nitrogens with zero attached hydrogens (tertiary/aromatic N) is 7. The summed E-state index contributed by atoms with van der Waals surface area (Å²) in [5, 5.41) is 10.2. The molecule has 1 saturated heterocycles. The average Bonchev–Trinajstić information content (AvgIpc) is 3.35. The van der Waals surface area contributed by atoms with Crippen LogP contribution in [0.2, 0.25) is 5.02 Å². The molecular formula is C23H26ClN7O2. The third-order valence-electron chi connectivity index (χ3n) is 6.07. The molecule has 0 N–H and O–H groups in total. The molecule has 5 rings (SSSR count). The molecule has 0 bridgehead atoms. The van der Waals surface area contributed by atoms with E-state index in [1.165, 1.54) is 11.3 Å². The number of aromatic nitrogens is 5. The minimum absolute atomic E-state index is 0.170. The number of benzene rings is 1. The Labute approximate surface area is 196 Å². The van der Waals surface area contributed by atoms with Gasteiger partial charge >= 0.3 is 0 Å². The maximum atomic E-state index is 5.90. The van der Waals surface area contributed by atoms with Crippen molar-refractivity contribution in [2.75, 3.05) is 32.8 Å². The third kappa shape index (κ3) is 4.57. The summed E-state index contributed by atoms with van der Waals surface area (Å²) in [4.78, 5) is 17.3. The predicted molar refractivity (Wildman–Crippen MR) is 127 cm³/mol. The van der Waals surface area contributed by atoms with Crippen molar-refractivity contribution in [2.45, 2.75) is 27.0 Å². The molecule has 10 heteroatoms. The molecule has 4 aromatic rings. The lowest BCUT2D eigenvalue weighted by Crippen LogP contribution is -2.38. The van der Waals surface area contributed by atoms with Crippen molar-refractivity contribution < 1.29 is 9.57 Å². The van der Waals surface area contributed by atoms with Crippen LogP contribution in [0.4, 0.5) is 0 Å². The predicted octanol–water partition coefficient (Wildman–Crippen LogP) is 3.23. The Morgan fingerprint density at radius 1 is 1.12 bits per heavy atom. The molecule has 0 radical (unpaired) electrons. The summed E-state index contributed by atoms with van der Waals surface area (Å²) < 4.78 is 9.45. The van der Waals surface area contributed by atoms with E-state index in [9.17, 15) is 0 Å². The summed E-state index contributed by atoms with van der Waals surface area (Å²) in [5.74, 6) is 0.552. The molecule has 0 aliphatic carbocycles. The van der Waals surface area contributed by atoms with Gasteiger partial charge in [0, 0.05) is 36.9 Å². The molecule has 0 saturated carbocycles. The Hall–Kier alpha value is -3.01. The van der Waals surface area contributed by atoms with E-state index in [0.717, 1.165) is 61.6 Å². The molecule has 1 aliphatic heterocycles. The summed E-state index contributed by atoms with van der Waals surface area (Å²) in [7, 11) is 0. The molecule has 0 amide bonds. The first kappa shape index (κ1) is 21.8. The van der Waals surface area contributed by atoms with Crippen LogP contribution in [0.3, 0.4) is 0 Å². The third-order valence-corrected chi connectivity index (χ3v) is 6.33. The fourth-order valence-electron chi connectivity index (χ4n) is 4.12. The zero-order valence-electron chi connectivity index (χ0n) is 18.7. The van der Waals surface area contributed by atoms with Crippen LogP contribution in [0.1, 0.15) is 22.6 Å². The van der Waals surface area contributed by atoms with Crippen molar-refractivity contribution in [3.05, 3.63) is 58.3 Å². The van der Waals surface area contributed by atoms with Gasteiger partial charge < -0.3 is 14.1 Å². The number of hydrogen-bond donors (Lipinski definition) is 0. The lowest BCUT2D eigenvalue weighted by molar-refractivity contribution is 0.0364. The maximum absolute atomic E-state index is 5.90. The first-order valence-electron chi connectivity index (χ1n) is 11.0. The Bertz CT molecular complexity index is 1290. The Morgan fingerprint density at radius 2 is 1.91 bits per heavy atom. The van der Waals surface area contributed by atoms with Crippen molar-refractivity contribution in [1.82, 2.24) is 29.0 Å². The molecule has 3 aromatic heterocycles. The van der Waals surface area contributed by atoms with E-state index in [1.807, 2.05) is 24.3 Å². The topological polar surface area (TPSA) is 82.1 Å². The van der Waals surface area contributed by atoms with Gasteiger partial charge in [-0.15, -0.1) is 5.10 Å². The van der Waals surface area contributed by atoms with E-state index in [0.29, 0.717) is 10.8 Å². The second-order valence-electron chi connectivity index (χ2n) is 8.11. The van der Waals surface area contributed by atoms with Gasteiger partial charge in [-0.3, -0.25) is 4.90 Å². The number of hydrogen-bond acceptors (Lipinski definition) is 7. The smallest absolute Gasteiger partial charge is 0.192 e. The molecule has 1 aromatic carbocycles. The number of aryl methyl sites for hydroxylation is 1. The number of morpholine rings is 1. The lowest BCUT2D eigenvalue weighted by atomic mass is 10.2. The van der Waals surface area contributed by atoms with Gasteiger partial charge in [0.15, 0.2) is 18.1 Å². The fraction of sp³-hybridized carbons (Fsp3) is 0.391. The summed E-state index contributed by atoms with van der Waals surface area (Å²) in [5.41, 5.74) is 4.99. The van der Waals surface area contributed by atoms with E-state index in [4.69, 9.17) is 31.1 Å². The molecule has 0 unspecified atom stereocenters. The highest BCUT2D eigenvalue weighted by Crippen LogP contribution is 2.27. The zero-order valence-corrected chi connectivity index (χ0v) is 19.5. The Kier molecular flexibility index (Phi) is 6.26. The Balaban J connectivity index is 1.34. The molecular weight excluding hydrogens is 442 g/mol. The first-order chi connectivity index (χ1) is 16.1. The van der Waals surface area contributed by atoms with Crippen molar-refractivity contribution in [3.63, 3.8) is 0 Å². The van der Waals surface area contributed by atoms with Crippen molar-refractivity contribution in [1.29, 1.82) is 0 Å². The second kappa shape index (κ2) is 9.46. The van der Waals surface area contributed by atoms with Crippen LogP contribution in [0, 0.1) is 13.8 Å². The average molecular weight is 468 g/mol. The number of fused-ring (bicyclic) bond motifs is 3. The maximum Gasteiger partial charge on any atom is 0.192 e. The van der Waals surface area contributed by atoms with Crippen LogP contribution >= 0.6 is 11.6 Å². The van der Waals surface area contributed by atoms with Crippen LogP contribution in [0.25, 0.3) is 16.7 Å². The first-order valence-corrected chi connectivity index (χ1v) is 11.4. The van der Waals surface area contributed by atoms with Gasteiger partial charge in [-0.05, 0) is 37.1 Å². The van der Waals surface area contributed by atoms with E-state index >= 15 is 0 Å². The SMILES string of the molecule is Cc1c(C)n(CCN2CCOCC2)c2ncn3nc(CO/N=C\c4ccc(Cl)cc4)nc3c12. The molecule has 33 heavy (non-hydrogen) atoms. The molecule has 1 aliphatic rings. The summed E-state index contributed by atoms with van der Waals surface area (Å²) in [6.07, 6.45) is 3.35. The van der Waals surface area contributed by atoms with Gasteiger partial charge in [0.2, 0.25) is 0 Å². The normalized spacial score (nSPS) is 15.2. The minimum Gasteiger partial charge on any atom is -0.387 e. The quantitative estimate of drug-likeness (QED) is 0.306. The van der Waals surface area contributed by atoms with Crippen LogP contribution in [0.15, 0.2) is 35.7 Å². The minimum atomic E-state index is 0.170. The van der Waals surface area contributed by atoms with E-state index < -0.39 is 0 Å². The number of rotatable bonds is 7. The zero-order chi connectivity index (χ0) is 22.8. The van der Waals surface area contributed by atoms with Gasteiger partial charge in [-0.25, -0.2) is 14.5 Å². The van der Waals surface area contributed by atoms with Gasteiger partial charge in [0.05, 0.1) is 24.8 Å². The highest BCUT2D eigenvalue weighted by Gasteiger charge is 2.19. The monoisotopic (exact) mass is 467 g/mol. The molecule has 0 atom stereocenters. The fourth-order valence-corrected chi connectivity index (χ4v) is 4.24. The number of ether oxygens (including phenoxy) is 1. The van der Waals surface area contributed by atoms with Crippen LogP contribution in [-0.2, 0) is 22.7 Å². The van der Waals surface area contributed by atoms with E-state index in [2.05, 4.69) is 33.6 Å². The van der Waals surface area contributed by atoms with E-state index in [-0.39, 0.29) is 6.61 Å². The van der Waals surface area contributed by atoms with Crippen LogP contribution in [0.5, 0.6) is 0 Å². The van der Waals surface area contributed by atoms with Crippen molar-refractivity contribution >= 4 is 34.5 Å².